The lowest BCUT2D eigenvalue weighted by molar-refractivity contribution is -0.131. The van der Waals surface area contributed by atoms with Crippen LogP contribution in [0.25, 0.3) is 0 Å². The average molecular weight is 296 g/mol. The molecule has 114 valence electrons. The Morgan fingerprint density at radius 3 is 2.29 bits per heavy atom. The van der Waals surface area contributed by atoms with Crippen molar-refractivity contribution in [2.45, 2.75) is 32.7 Å². The fourth-order valence-corrected chi connectivity index (χ4v) is 2.40. The number of amides is 2. The number of halogens is 2. The van der Waals surface area contributed by atoms with Gasteiger partial charge in [-0.1, -0.05) is 0 Å². The minimum absolute atomic E-state index is 0.0548. The van der Waals surface area contributed by atoms with Gasteiger partial charge in [-0.15, -0.1) is 0 Å². The summed E-state index contributed by atoms with van der Waals surface area (Å²) in [6.07, 6.45) is 0.112. The molecule has 6 heteroatoms. The first-order chi connectivity index (χ1) is 9.66. The first kappa shape index (κ1) is 15.4. The van der Waals surface area contributed by atoms with Gasteiger partial charge in [0.1, 0.15) is 11.6 Å². The van der Waals surface area contributed by atoms with Crippen LogP contribution in [-0.4, -0.2) is 28.8 Å². The maximum atomic E-state index is 13.1. The Morgan fingerprint density at radius 2 is 1.81 bits per heavy atom. The summed E-state index contributed by atoms with van der Waals surface area (Å²) in [4.78, 5) is 25.7. The summed E-state index contributed by atoms with van der Waals surface area (Å²) < 4.78 is 26.2. The number of nitrogens with zero attached hydrogens (tertiary/aromatic N) is 1. The minimum Gasteiger partial charge on any atom is -0.337 e. The molecule has 1 aromatic carbocycles. The summed E-state index contributed by atoms with van der Waals surface area (Å²) in [6.45, 7) is 6.00. The normalized spacial score (nSPS) is 19.0. The summed E-state index contributed by atoms with van der Waals surface area (Å²) in [5.74, 6) is -2.52. The van der Waals surface area contributed by atoms with Crippen molar-refractivity contribution < 1.29 is 18.4 Å². The molecule has 1 N–H and O–H groups in total. The summed E-state index contributed by atoms with van der Waals surface area (Å²) in [7, 11) is 0. The van der Waals surface area contributed by atoms with Crippen LogP contribution in [0.15, 0.2) is 18.2 Å². The van der Waals surface area contributed by atoms with E-state index in [1.54, 1.807) is 4.90 Å². The van der Waals surface area contributed by atoms with Crippen LogP contribution in [0.1, 0.15) is 27.2 Å². The highest BCUT2D eigenvalue weighted by atomic mass is 19.1. The van der Waals surface area contributed by atoms with Gasteiger partial charge in [0.2, 0.25) is 11.8 Å². The number of hydrogen-bond acceptors (Lipinski definition) is 2. The minimum atomic E-state index is -0.760. The highest BCUT2D eigenvalue weighted by Crippen LogP contribution is 2.26. The van der Waals surface area contributed by atoms with Crippen molar-refractivity contribution in [3.05, 3.63) is 29.8 Å². The smallest absolute Gasteiger partial charge is 0.229 e. The number of benzene rings is 1. The number of nitrogens with one attached hydrogen (secondary N) is 1. The van der Waals surface area contributed by atoms with E-state index in [0.717, 1.165) is 18.2 Å². The largest absolute Gasteiger partial charge is 0.337 e. The molecule has 2 amide bonds. The summed E-state index contributed by atoms with van der Waals surface area (Å²) in [6, 6.07) is 2.81. The molecule has 1 fully saturated rings. The zero-order chi connectivity index (χ0) is 15.8. The lowest BCUT2D eigenvalue weighted by Gasteiger charge is -2.31. The van der Waals surface area contributed by atoms with E-state index in [4.69, 9.17) is 0 Å². The molecule has 0 saturated carbocycles. The van der Waals surface area contributed by atoms with E-state index >= 15 is 0 Å². The van der Waals surface area contributed by atoms with Crippen molar-refractivity contribution >= 4 is 17.5 Å². The molecule has 0 bridgehead atoms. The highest BCUT2D eigenvalue weighted by molar-refractivity contribution is 5.97. The molecule has 1 atom stereocenters. The van der Waals surface area contributed by atoms with E-state index < -0.39 is 23.5 Å². The number of anilines is 1. The zero-order valence-electron chi connectivity index (χ0n) is 12.2. The van der Waals surface area contributed by atoms with Gasteiger partial charge in [-0.25, -0.2) is 8.78 Å². The zero-order valence-corrected chi connectivity index (χ0v) is 12.2. The third kappa shape index (κ3) is 3.56. The van der Waals surface area contributed by atoms with Gasteiger partial charge >= 0.3 is 0 Å². The van der Waals surface area contributed by atoms with E-state index in [-0.39, 0.29) is 23.6 Å². The molecular weight excluding hydrogens is 278 g/mol. The van der Waals surface area contributed by atoms with Gasteiger partial charge in [-0.3, -0.25) is 9.59 Å². The second-order valence-electron chi connectivity index (χ2n) is 6.22. The van der Waals surface area contributed by atoms with Crippen molar-refractivity contribution in [2.75, 3.05) is 11.9 Å². The molecule has 0 radical (unpaired) electrons. The van der Waals surface area contributed by atoms with Crippen molar-refractivity contribution in [3.8, 4) is 0 Å². The van der Waals surface area contributed by atoms with E-state index in [1.807, 2.05) is 20.8 Å². The number of carbonyl (C=O) groups excluding carboxylic acids is 2. The first-order valence-electron chi connectivity index (χ1n) is 6.74. The Hall–Kier alpha value is -1.98. The van der Waals surface area contributed by atoms with Crippen molar-refractivity contribution in [3.63, 3.8) is 0 Å². The second kappa shape index (κ2) is 5.42. The summed E-state index contributed by atoms with van der Waals surface area (Å²) in [5, 5.41) is 2.46. The van der Waals surface area contributed by atoms with E-state index in [2.05, 4.69) is 5.32 Å². The van der Waals surface area contributed by atoms with Crippen LogP contribution < -0.4 is 5.32 Å². The Labute approximate surface area is 122 Å². The fourth-order valence-electron chi connectivity index (χ4n) is 2.40. The van der Waals surface area contributed by atoms with Crippen LogP contribution in [0.4, 0.5) is 14.5 Å². The molecule has 21 heavy (non-hydrogen) atoms. The predicted octanol–water partition coefficient (Wildman–Crippen LogP) is 2.55. The van der Waals surface area contributed by atoms with Crippen LogP contribution >= 0.6 is 0 Å². The third-order valence-electron chi connectivity index (χ3n) is 3.44. The molecule has 0 spiro atoms. The average Bonchev–Trinajstić information content (AvgIpc) is 2.69. The van der Waals surface area contributed by atoms with Crippen molar-refractivity contribution in [2.24, 2.45) is 5.92 Å². The molecule has 1 aliphatic heterocycles. The lowest BCUT2D eigenvalue weighted by Crippen LogP contribution is -2.42. The second-order valence-corrected chi connectivity index (χ2v) is 6.22. The van der Waals surface area contributed by atoms with Crippen LogP contribution in [-0.2, 0) is 9.59 Å². The van der Waals surface area contributed by atoms with Crippen LogP contribution in [0.5, 0.6) is 0 Å². The van der Waals surface area contributed by atoms with Crippen molar-refractivity contribution in [1.82, 2.24) is 4.90 Å². The van der Waals surface area contributed by atoms with E-state index in [9.17, 15) is 18.4 Å². The van der Waals surface area contributed by atoms with Gasteiger partial charge in [0, 0.05) is 30.3 Å². The Kier molecular flexibility index (Phi) is 3.98. The van der Waals surface area contributed by atoms with Crippen LogP contribution in [0.2, 0.25) is 0 Å². The number of hydrogen-bond donors (Lipinski definition) is 1. The maximum absolute atomic E-state index is 13.1. The number of likely N-dealkylation sites (tertiary alicyclic amines) is 1. The van der Waals surface area contributed by atoms with Crippen LogP contribution in [0, 0.1) is 17.6 Å². The highest BCUT2D eigenvalue weighted by Gasteiger charge is 2.39. The monoisotopic (exact) mass is 296 g/mol. The molecule has 0 aliphatic carbocycles. The lowest BCUT2D eigenvalue weighted by atomic mass is 10.1. The maximum Gasteiger partial charge on any atom is 0.229 e. The van der Waals surface area contributed by atoms with Crippen LogP contribution in [0.3, 0.4) is 0 Å². The molecular formula is C15H18F2N2O2. The van der Waals surface area contributed by atoms with Gasteiger partial charge in [0.05, 0.1) is 5.92 Å². The molecule has 1 aliphatic rings. The predicted molar refractivity (Wildman–Crippen MR) is 74.6 cm³/mol. The number of carbonyl (C=O) groups is 2. The number of rotatable bonds is 2. The van der Waals surface area contributed by atoms with E-state index in [1.165, 1.54) is 0 Å². The molecule has 1 aromatic rings. The standard InChI is InChI=1S/C15H18F2N2O2/c1-15(2,3)19-8-9(4-13(19)20)14(21)18-12-6-10(16)5-11(17)7-12/h5-7,9H,4,8H2,1-3H3,(H,18,21). The molecule has 1 unspecified atom stereocenters. The van der Waals surface area contributed by atoms with Gasteiger partial charge in [-0.2, -0.15) is 0 Å². The Morgan fingerprint density at radius 1 is 1.24 bits per heavy atom. The molecule has 2 rings (SSSR count). The van der Waals surface area contributed by atoms with Gasteiger partial charge < -0.3 is 10.2 Å². The molecule has 0 aromatic heterocycles. The topological polar surface area (TPSA) is 49.4 Å². The van der Waals surface area contributed by atoms with E-state index in [0.29, 0.717) is 6.54 Å². The molecule has 1 heterocycles. The fraction of sp³-hybridized carbons (Fsp3) is 0.467. The first-order valence-corrected chi connectivity index (χ1v) is 6.74. The van der Waals surface area contributed by atoms with Gasteiger partial charge in [0.25, 0.3) is 0 Å². The summed E-state index contributed by atoms with van der Waals surface area (Å²) >= 11 is 0. The van der Waals surface area contributed by atoms with Crippen molar-refractivity contribution in [1.29, 1.82) is 0 Å². The molecule has 4 nitrogen and oxygen atoms in total. The van der Waals surface area contributed by atoms with Gasteiger partial charge in [-0.05, 0) is 32.9 Å². The van der Waals surface area contributed by atoms with Gasteiger partial charge in [0.15, 0.2) is 0 Å². The third-order valence-corrected chi connectivity index (χ3v) is 3.44. The Bertz CT molecular complexity index is 561. The SMILES string of the molecule is CC(C)(C)N1CC(C(=O)Nc2cc(F)cc(F)c2)CC1=O. The summed E-state index contributed by atoms with van der Waals surface area (Å²) in [5.41, 5.74) is -0.295. The molecule has 1 saturated heterocycles. The quantitative estimate of drug-likeness (QED) is 0.912. The Balaban J connectivity index is 2.07.